The summed E-state index contributed by atoms with van der Waals surface area (Å²) in [6.45, 7) is 1.75. The summed E-state index contributed by atoms with van der Waals surface area (Å²) in [7, 11) is 1.61. The average Bonchev–Trinajstić information content (AvgIpc) is 2.11. The molecule has 0 fully saturated rings. The van der Waals surface area contributed by atoms with Crippen LogP contribution in [0.3, 0.4) is 0 Å². The van der Waals surface area contributed by atoms with Crippen molar-refractivity contribution < 1.29 is 14.3 Å². The van der Waals surface area contributed by atoms with Gasteiger partial charge in [0.15, 0.2) is 17.3 Å². The first-order chi connectivity index (χ1) is 6.56. The van der Waals surface area contributed by atoms with Crippen LogP contribution in [0.4, 0.5) is 4.39 Å². The topological polar surface area (TPSA) is 49.3 Å². The Hall–Kier alpha value is -1.42. The molecular weight excluding hydrogens is 185 g/mol. The third-order valence-electron chi connectivity index (χ3n) is 1.85. The molecule has 0 bridgehead atoms. The van der Waals surface area contributed by atoms with Crippen LogP contribution in [0, 0.1) is 12.7 Å². The predicted octanol–water partition coefficient (Wildman–Crippen LogP) is 1.24. The molecule has 1 aromatic carbocycles. The number of hydrogen-bond acceptors (Lipinski definition) is 3. The number of halogens is 1. The minimum absolute atomic E-state index is 0.0249. The number of carbonyl (C=O) groups is 1. The van der Waals surface area contributed by atoms with Gasteiger partial charge in [-0.25, -0.2) is 4.39 Å². The zero-order valence-corrected chi connectivity index (χ0v) is 8.10. The van der Waals surface area contributed by atoms with Gasteiger partial charge in [0.2, 0.25) is 0 Å². The van der Waals surface area contributed by atoms with Crippen molar-refractivity contribution >= 4 is 5.78 Å². The fraction of sp³-hybridized carbons (Fsp3) is 0.300. The van der Waals surface area contributed by atoms with Crippen molar-refractivity contribution in [3.8, 4) is 5.75 Å². The maximum atomic E-state index is 13.0. The quantitative estimate of drug-likeness (QED) is 0.717. The van der Waals surface area contributed by atoms with Gasteiger partial charge < -0.3 is 10.4 Å². The smallest absolute Gasteiger partial charge is 0.180 e. The zero-order valence-electron chi connectivity index (χ0n) is 8.10. The zero-order chi connectivity index (χ0) is 10.7. The first-order valence-corrected chi connectivity index (χ1v) is 4.23. The minimum Gasteiger partial charge on any atom is -0.504 e. The van der Waals surface area contributed by atoms with E-state index in [9.17, 15) is 14.3 Å². The molecule has 4 heteroatoms. The first kappa shape index (κ1) is 10.7. The second kappa shape index (κ2) is 4.19. The Bertz CT molecular complexity index is 363. The van der Waals surface area contributed by atoms with Crippen LogP contribution in [0.15, 0.2) is 12.1 Å². The Labute approximate surface area is 81.6 Å². The molecule has 0 heterocycles. The summed E-state index contributed by atoms with van der Waals surface area (Å²) < 4.78 is 13.0. The van der Waals surface area contributed by atoms with E-state index in [1.165, 1.54) is 12.1 Å². The Balaban J connectivity index is 3.13. The van der Waals surface area contributed by atoms with Gasteiger partial charge in [0.1, 0.15) is 0 Å². The fourth-order valence-electron chi connectivity index (χ4n) is 1.20. The minimum atomic E-state index is -0.760. The fourth-order valence-corrected chi connectivity index (χ4v) is 1.20. The molecule has 1 rings (SSSR count). The third kappa shape index (κ3) is 2.09. The van der Waals surface area contributed by atoms with Gasteiger partial charge in [-0.15, -0.1) is 0 Å². The van der Waals surface area contributed by atoms with Crippen LogP contribution >= 0.6 is 0 Å². The number of aryl methyl sites for hydroxylation is 1. The van der Waals surface area contributed by atoms with E-state index in [4.69, 9.17) is 0 Å². The van der Waals surface area contributed by atoms with Crippen molar-refractivity contribution in [3.63, 3.8) is 0 Å². The highest BCUT2D eigenvalue weighted by Crippen LogP contribution is 2.23. The lowest BCUT2D eigenvalue weighted by Crippen LogP contribution is -2.19. The number of carbonyl (C=O) groups excluding carboxylic acids is 1. The highest BCUT2D eigenvalue weighted by molar-refractivity contribution is 6.00. The summed E-state index contributed by atoms with van der Waals surface area (Å²) in [5, 5.41) is 11.9. The normalized spacial score (nSPS) is 10.2. The molecule has 0 saturated carbocycles. The number of nitrogens with one attached hydrogen (secondary N) is 1. The van der Waals surface area contributed by atoms with E-state index < -0.39 is 11.6 Å². The van der Waals surface area contributed by atoms with E-state index in [2.05, 4.69) is 5.32 Å². The number of benzene rings is 1. The number of Topliss-reactive ketones (excluding diaryl/α,β-unsaturated/α-hetero) is 1. The number of ketones is 1. The molecule has 0 aliphatic rings. The molecule has 0 atom stereocenters. The summed E-state index contributed by atoms with van der Waals surface area (Å²) >= 11 is 0. The summed E-state index contributed by atoms with van der Waals surface area (Å²) in [5.74, 6) is -1.66. The number of likely N-dealkylation sites (N-methyl/N-ethyl adjacent to an activating group) is 1. The van der Waals surface area contributed by atoms with Gasteiger partial charge in [-0.1, -0.05) is 0 Å². The number of aromatic hydroxyl groups is 1. The number of phenols is 1. The molecule has 0 saturated heterocycles. The van der Waals surface area contributed by atoms with Crippen molar-refractivity contribution in [1.82, 2.24) is 5.32 Å². The van der Waals surface area contributed by atoms with Gasteiger partial charge in [-0.2, -0.15) is 0 Å². The van der Waals surface area contributed by atoms with Crippen LogP contribution in [-0.2, 0) is 0 Å². The molecule has 0 amide bonds. The van der Waals surface area contributed by atoms with Crippen LogP contribution in [0.1, 0.15) is 15.9 Å². The predicted molar refractivity (Wildman–Crippen MR) is 51.1 cm³/mol. The van der Waals surface area contributed by atoms with Crippen molar-refractivity contribution in [2.75, 3.05) is 13.6 Å². The summed E-state index contributed by atoms with van der Waals surface area (Å²) in [6.07, 6.45) is 0. The standard InChI is InChI=1S/C10H12FNO2/c1-6-3-7(9(13)5-12-2)10(14)8(11)4-6/h3-4,12,14H,5H2,1-2H3. The molecule has 1 aromatic rings. The van der Waals surface area contributed by atoms with Gasteiger partial charge in [0, 0.05) is 0 Å². The van der Waals surface area contributed by atoms with Gasteiger partial charge in [-0.05, 0) is 31.7 Å². The number of rotatable bonds is 3. The Morgan fingerprint density at radius 1 is 1.57 bits per heavy atom. The van der Waals surface area contributed by atoms with Gasteiger partial charge in [0.05, 0.1) is 12.1 Å². The molecule has 2 N–H and O–H groups in total. The molecule has 0 aromatic heterocycles. The van der Waals surface area contributed by atoms with E-state index in [0.717, 1.165) is 0 Å². The Morgan fingerprint density at radius 2 is 2.21 bits per heavy atom. The first-order valence-electron chi connectivity index (χ1n) is 4.23. The van der Waals surface area contributed by atoms with Gasteiger partial charge in [-0.3, -0.25) is 4.79 Å². The molecule has 0 spiro atoms. The van der Waals surface area contributed by atoms with Gasteiger partial charge in [0.25, 0.3) is 0 Å². The van der Waals surface area contributed by atoms with Crippen LogP contribution < -0.4 is 5.32 Å². The molecule has 14 heavy (non-hydrogen) atoms. The lowest BCUT2D eigenvalue weighted by atomic mass is 10.1. The average molecular weight is 197 g/mol. The summed E-state index contributed by atoms with van der Waals surface area (Å²) in [4.78, 5) is 11.4. The molecule has 0 unspecified atom stereocenters. The van der Waals surface area contributed by atoms with E-state index in [0.29, 0.717) is 5.56 Å². The maximum absolute atomic E-state index is 13.0. The molecule has 3 nitrogen and oxygen atoms in total. The van der Waals surface area contributed by atoms with Gasteiger partial charge >= 0.3 is 0 Å². The maximum Gasteiger partial charge on any atom is 0.180 e. The summed E-state index contributed by atoms with van der Waals surface area (Å²) in [5.41, 5.74) is 0.636. The lowest BCUT2D eigenvalue weighted by Gasteiger charge is -2.05. The number of phenolic OH excluding ortho intramolecular Hbond substituents is 1. The van der Waals surface area contributed by atoms with Crippen LogP contribution in [0.2, 0.25) is 0 Å². The highest BCUT2D eigenvalue weighted by Gasteiger charge is 2.14. The van der Waals surface area contributed by atoms with Crippen LogP contribution in [0.5, 0.6) is 5.75 Å². The van der Waals surface area contributed by atoms with Crippen LogP contribution in [0.25, 0.3) is 0 Å². The largest absolute Gasteiger partial charge is 0.504 e. The third-order valence-corrected chi connectivity index (χ3v) is 1.85. The Kier molecular flexibility index (Phi) is 3.19. The second-order valence-corrected chi connectivity index (χ2v) is 3.10. The monoisotopic (exact) mass is 197 g/mol. The Morgan fingerprint density at radius 3 is 2.79 bits per heavy atom. The molecule has 0 aliphatic carbocycles. The van der Waals surface area contributed by atoms with E-state index in [1.807, 2.05) is 0 Å². The highest BCUT2D eigenvalue weighted by atomic mass is 19.1. The van der Waals surface area contributed by atoms with E-state index in [-0.39, 0.29) is 17.9 Å². The molecular formula is C10H12FNO2. The van der Waals surface area contributed by atoms with Crippen molar-refractivity contribution in [1.29, 1.82) is 0 Å². The van der Waals surface area contributed by atoms with E-state index in [1.54, 1.807) is 14.0 Å². The van der Waals surface area contributed by atoms with E-state index >= 15 is 0 Å². The summed E-state index contributed by atoms with van der Waals surface area (Å²) in [6, 6.07) is 2.66. The molecule has 76 valence electrons. The van der Waals surface area contributed by atoms with Crippen LogP contribution in [-0.4, -0.2) is 24.5 Å². The molecule has 0 radical (unpaired) electrons. The number of hydrogen-bond donors (Lipinski definition) is 2. The second-order valence-electron chi connectivity index (χ2n) is 3.10. The van der Waals surface area contributed by atoms with Crippen molar-refractivity contribution in [3.05, 3.63) is 29.1 Å². The van der Waals surface area contributed by atoms with Crippen molar-refractivity contribution in [2.24, 2.45) is 0 Å². The lowest BCUT2D eigenvalue weighted by molar-refractivity contribution is 0.0990. The van der Waals surface area contributed by atoms with Crippen molar-refractivity contribution in [2.45, 2.75) is 6.92 Å². The molecule has 0 aliphatic heterocycles. The SMILES string of the molecule is CNCC(=O)c1cc(C)cc(F)c1O.